The maximum Gasteiger partial charge on any atom is 0.253 e. The highest BCUT2D eigenvalue weighted by atomic mass is 16.5. The van der Waals surface area contributed by atoms with E-state index in [9.17, 15) is 4.79 Å². The summed E-state index contributed by atoms with van der Waals surface area (Å²) in [6.07, 6.45) is 7.44. The third kappa shape index (κ3) is 3.50. The van der Waals surface area contributed by atoms with Crippen LogP contribution in [0.5, 0.6) is 5.75 Å². The van der Waals surface area contributed by atoms with Crippen molar-refractivity contribution in [3.8, 4) is 5.75 Å². The molecule has 0 radical (unpaired) electrons. The number of carbonyl (C=O) groups excluding carboxylic acids is 1. The number of ether oxygens (including phenoxy) is 2. The van der Waals surface area contributed by atoms with E-state index in [0.29, 0.717) is 43.8 Å². The Labute approximate surface area is 215 Å². The molecule has 1 atom stereocenters. The predicted octanol–water partition coefficient (Wildman–Crippen LogP) is 1.78. The lowest BCUT2D eigenvalue weighted by Gasteiger charge is -2.69. The lowest BCUT2D eigenvalue weighted by atomic mass is 9.34. The van der Waals surface area contributed by atoms with Gasteiger partial charge in [-0.1, -0.05) is 0 Å². The van der Waals surface area contributed by atoms with Crippen LogP contribution >= 0.6 is 0 Å². The molecule has 3 saturated carbocycles. The quantitative estimate of drug-likeness (QED) is 0.513. The normalized spacial score (nSPS) is 28.8. The van der Waals surface area contributed by atoms with Gasteiger partial charge in [0.1, 0.15) is 17.8 Å². The average molecular weight is 505 g/mol. The second kappa shape index (κ2) is 8.08. The van der Waals surface area contributed by atoms with E-state index in [1.165, 1.54) is 0 Å². The molecule has 2 saturated heterocycles. The van der Waals surface area contributed by atoms with Crippen LogP contribution in [0.2, 0.25) is 0 Å². The number of hydrogen-bond donors (Lipinski definition) is 0. The molecule has 37 heavy (non-hydrogen) atoms. The molecule has 0 spiro atoms. The van der Waals surface area contributed by atoms with E-state index >= 15 is 0 Å². The van der Waals surface area contributed by atoms with Gasteiger partial charge in [0.25, 0.3) is 5.78 Å². The Bertz CT molecular complexity index is 1360. The van der Waals surface area contributed by atoms with Crippen LogP contribution in [0.25, 0.3) is 5.78 Å². The highest BCUT2D eigenvalue weighted by Crippen LogP contribution is 2.73. The second-order valence-corrected chi connectivity index (χ2v) is 11.2. The van der Waals surface area contributed by atoms with Crippen LogP contribution in [0.4, 0.5) is 5.69 Å². The number of morpholine rings is 1. The van der Waals surface area contributed by atoms with Crippen molar-refractivity contribution in [2.75, 3.05) is 44.3 Å². The number of carbonyl (C=O) groups is 1. The zero-order valence-electron chi connectivity index (χ0n) is 21.6. The Hall–Kier alpha value is -3.34. The first-order valence-electron chi connectivity index (χ1n) is 13.2. The number of anilines is 1. The number of aryl methyl sites for hydroxylation is 3. The molecule has 2 bridgehead atoms. The first-order chi connectivity index (χ1) is 17.9. The molecule has 11 heteroatoms. The first kappa shape index (κ1) is 22.8. The van der Waals surface area contributed by atoms with Crippen molar-refractivity contribution in [1.29, 1.82) is 0 Å². The second-order valence-electron chi connectivity index (χ2n) is 11.2. The molecule has 0 aromatic carbocycles. The molecule has 3 aromatic heterocycles. The summed E-state index contributed by atoms with van der Waals surface area (Å²) in [5.74, 6) is 3.26. The Balaban J connectivity index is 0.988. The summed E-state index contributed by atoms with van der Waals surface area (Å²) in [6.45, 7) is 10.2. The van der Waals surface area contributed by atoms with Crippen molar-refractivity contribution in [3.63, 3.8) is 0 Å². The zero-order valence-corrected chi connectivity index (χ0v) is 21.6. The molecule has 3 aromatic rings. The monoisotopic (exact) mass is 504 g/mol. The van der Waals surface area contributed by atoms with E-state index < -0.39 is 0 Å². The van der Waals surface area contributed by atoms with Gasteiger partial charge in [0, 0.05) is 31.5 Å². The molecule has 5 heterocycles. The van der Waals surface area contributed by atoms with Gasteiger partial charge in [-0.15, -0.1) is 5.10 Å². The van der Waals surface area contributed by atoms with Gasteiger partial charge in [-0.3, -0.25) is 4.79 Å². The summed E-state index contributed by atoms with van der Waals surface area (Å²) in [5, 5.41) is 4.44. The van der Waals surface area contributed by atoms with Gasteiger partial charge in [-0.25, -0.2) is 15.0 Å². The molecule has 194 valence electrons. The molecule has 5 fully saturated rings. The van der Waals surface area contributed by atoms with Gasteiger partial charge in [0.15, 0.2) is 5.75 Å². The summed E-state index contributed by atoms with van der Waals surface area (Å²) in [5.41, 5.74) is 2.55. The van der Waals surface area contributed by atoms with Crippen molar-refractivity contribution in [3.05, 3.63) is 35.4 Å². The van der Waals surface area contributed by atoms with Gasteiger partial charge >= 0.3 is 0 Å². The number of fused-ring (bicyclic) bond motifs is 1. The molecular weight excluding hydrogens is 472 g/mol. The van der Waals surface area contributed by atoms with Gasteiger partial charge in [0.05, 0.1) is 54.6 Å². The van der Waals surface area contributed by atoms with Crippen molar-refractivity contribution in [1.82, 2.24) is 34.4 Å². The van der Waals surface area contributed by atoms with E-state index in [1.54, 1.807) is 4.52 Å². The fourth-order valence-corrected chi connectivity index (χ4v) is 6.77. The number of amides is 1. The van der Waals surface area contributed by atoms with Crippen molar-refractivity contribution < 1.29 is 14.3 Å². The van der Waals surface area contributed by atoms with E-state index in [4.69, 9.17) is 19.4 Å². The summed E-state index contributed by atoms with van der Waals surface area (Å²) >= 11 is 0. The van der Waals surface area contributed by atoms with Crippen molar-refractivity contribution >= 4 is 17.4 Å². The molecule has 2 aliphatic heterocycles. The Morgan fingerprint density at radius 1 is 1.05 bits per heavy atom. The highest BCUT2D eigenvalue weighted by Gasteiger charge is 2.74. The van der Waals surface area contributed by atoms with E-state index in [-0.39, 0.29) is 16.9 Å². The molecule has 11 nitrogen and oxygen atoms in total. The summed E-state index contributed by atoms with van der Waals surface area (Å²) < 4.78 is 13.6. The molecular formula is C26H32N8O3. The standard InChI is InChI=1S/C26H32N8O3/c1-16-21(17(2)34-24(29-16)30-18(3)31-34)37-20-4-5-33(12-20)19-10-27-22(28-11-19)25-13-26(14-25,15-25)23(35)32-6-8-36-9-7-32/h10-11,20H,4-9,12-15H2,1-3H3/t20-,25?,26?/m1/s1. The Kier molecular flexibility index (Phi) is 4.98. The van der Waals surface area contributed by atoms with Crippen molar-refractivity contribution in [2.24, 2.45) is 5.41 Å². The molecule has 8 rings (SSSR count). The number of rotatable bonds is 5. The summed E-state index contributed by atoms with van der Waals surface area (Å²) in [6, 6.07) is 0. The number of aromatic nitrogens is 6. The van der Waals surface area contributed by atoms with Gasteiger partial charge in [-0.2, -0.15) is 9.50 Å². The maximum absolute atomic E-state index is 13.0. The Morgan fingerprint density at radius 3 is 2.51 bits per heavy atom. The summed E-state index contributed by atoms with van der Waals surface area (Å²) in [4.78, 5) is 35.7. The van der Waals surface area contributed by atoms with Crippen LogP contribution in [0.15, 0.2) is 12.4 Å². The van der Waals surface area contributed by atoms with Crippen LogP contribution in [-0.2, 0) is 14.9 Å². The van der Waals surface area contributed by atoms with Crippen LogP contribution in [0, 0.1) is 26.2 Å². The molecule has 0 N–H and O–H groups in total. The average Bonchev–Trinajstić information content (AvgIpc) is 3.47. The minimum Gasteiger partial charge on any atom is -0.485 e. The van der Waals surface area contributed by atoms with Crippen LogP contribution in [0.3, 0.4) is 0 Å². The van der Waals surface area contributed by atoms with Crippen LogP contribution in [0.1, 0.15) is 48.7 Å². The molecule has 5 aliphatic rings. The zero-order chi connectivity index (χ0) is 25.4. The largest absolute Gasteiger partial charge is 0.485 e. The van der Waals surface area contributed by atoms with Crippen LogP contribution < -0.4 is 9.64 Å². The predicted molar refractivity (Wildman–Crippen MR) is 134 cm³/mol. The summed E-state index contributed by atoms with van der Waals surface area (Å²) in [7, 11) is 0. The maximum atomic E-state index is 13.0. The van der Waals surface area contributed by atoms with Gasteiger partial charge in [0.2, 0.25) is 5.91 Å². The minimum absolute atomic E-state index is 0.0163. The SMILES string of the molecule is Cc1nc2nc(C)c(O[C@@H]3CCN(c4cnc(C56CC(C(=O)N7CCOCC7)(C5)C6)nc4)C3)c(C)n2n1. The minimum atomic E-state index is -0.183. The molecule has 3 aliphatic carbocycles. The van der Waals surface area contributed by atoms with E-state index in [1.807, 2.05) is 38.1 Å². The van der Waals surface area contributed by atoms with Gasteiger partial charge < -0.3 is 19.3 Å². The van der Waals surface area contributed by atoms with Crippen LogP contribution in [-0.4, -0.2) is 85.9 Å². The third-order valence-electron chi connectivity index (χ3n) is 8.63. The Morgan fingerprint density at radius 2 is 1.78 bits per heavy atom. The van der Waals surface area contributed by atoms with E-state index in [2.05, 4.69) is 20.0 Å². The molecule has 0 unspecified atom stereocenters. The lowest BCUT2D eigenvalue weighted by molar-refractivity contribution is -0.192. The molecule has 1 amide bonds. The first-order valence-corrected chi connectivity index (χ1v) is 13.2. The fourth-order valence-electron chi connectivity index (χ4n) is 6.77. The van der Waals surface area contributed by atoms with E-state index in [0.717, 1.165) is 67.4 Å². The fraction of sp³-hybridized carbons (Fsp3) is 0.615. The third-order valence-corrected chi connectivity index (χ3v) is 8.63. The topological polar surface area (TPSA) is 111 Å². The highest BCUT2D eigenvalue weighted by molar-refractivity contribution is 5.87. The lowest BCUT2D eigenvalue weighted by Crippen LogP contribution is -2.71. The number of nitrogens with zero attached hydrogens (tertiary/aromatic N) is 8. The van der Waals surface area contributed by atoms with Crippen molar-refractivity contribution in [2.45, 2.75) is 58.0 Å². The van der Waals surface area contributed by atoms with Gasteiger partial charge in [-0.05, 0) is 40.0 Å². The smallest absolute Gasteiger partial charge is 0.253 e. The number of hydrogen-bond acceptors (Lipinski definition) is 9.